The van der Waals surface area contributed by atoms with Gasteiger partial charge in [0.15, 0.2) is 0 Å². The fourth-order valence-electron chi connectivity index (χ4n) is 2.26. The summed E-state index contributed by atoms with van der Waals surface area (Å²) in [6.07, 6.45) is 5.35. The lowest BCUT2D eigenvalue weighted by Crippen LogP contribution is -2.56. The van der Waals surface area contributed by atoms with Crippen molar-refractivity contribution in [1.82, 2.24) is 25.9 Å². The number of hydrogen-bond acceptors (Lipinski definition) is 7. The number of aromatic amines is 1. The molecule has 7 N–H and O–H groups in total. The van der Waals surface area contributed by atoms with Gasteiger partial charge in [0.1, 0.15) is 18.1 Å². The standard InChI is InChI=1S/C17H28N6O5S/c1-9(21-15(25)12(18)4-5-29-3)14(24)23-13(6-11-7-19-8-20-11)16(26)22-10(2)17(27)28/h7-10,12-13H,4-6,18H2,1-3H3,(H,19,20)(H,21,25)(H,22,26)(H,23,24)(H,27,28). The van der Waals surface area contributed by atoms with Crippen molar-refractivity contribution < 1.29 is 24.3 Å². The van der Waals surface area contributed by atoms with Crippen LogP contribution in [0.5, 0.6) is 0 Å². The molecule has 29 heavy (non-hydrogen) atoms. The number of carbonyl (C=O) groups is 4. The monoisotopic (exact) mass is 428 g/mol. The van der Waals surface area contributed by atoms with Gasteiger partial charge in [-0.15, -0.1) is 0 Å². The molecule has 1 aromatic heterocycles. The smallest absolute Gasteiger partial charge is 0.325 e. The zero-order valence-corrected chi connectivity index (χ0v) is 17.4. The van der Waals surface area contributed by atoms with Crippen molar-refractivity contribution >= 4 is 35.5 Å². The molecule has 0 bridgehead atoms. The van der Waals surface area contributed by atoms with Gasteiger partial charge in [-0.25, -0.2) is 4.98 Å². The van der Waals surface area contributed by atoms with E-state index in [0.717, 1.165) is 0 Å². The Bertz CT molecular complexity index is 698. The van der Waals surface area contributed by atoms with Gasteiger partial charge in [-0.05, 0) is 32.3 Å². The molecule has 1 aromatic rings. The zero-order valence-electron chi connectivity index (χ0n) is 16.6. The molecule has 0 spiro atoms. The van der Waals surface area contributed by atoms with Crippen molar-refractivity contribution in [2.45, 2.75) is 50.9 Å². The first-order valence-corrected chi connectivity index (χ1v) is 10.4. The molecular weight excluding hydrogens is 400 g/mol. The number of rotatable bonds is 12. The van der Waals surface area contributed by atoms with Crippen LogP contribution in [-0.2, 0) is 25.6 Å². The van der Waals surface area contributed by atoms with Gasteiger partial charge in [0, 0.05) is 18.3 Å². The summed E-state index contributed by atoms with van der Waals surface area (Å²) < 4.78 is 0. The molecule has 0 aliphatic rings. The number of carboxylic acid groups (broad SMARTS) is 1. The van der Waals surface area contributed by atoms with E-state index in [-0.39, 0.29) is 6.42 Å². The molecule has 4 atom stereocenters. The number of imidazole rings is 1. The molecule has 0 aromatic carbocycles. The Balaban J connectivity index is 2.75. The van der Waals surface area contributed by atoms with Crippen molar-refractivity contribution in [3.63, 3.8) is 0 Å². The molecule has 12 heteroatoms. The predicted octanol–water partition coefficient (Wildman–Crippen LogP) is -1.39. The number of nitrogens with zero attached hydrogens (tertiary/aromatic N) is 1. The molecular formula is C17H28N6O5S. The number of amides is 3. The minimum absolute atomic E-state index is 0.0673. The second-order valence-corrected chi connectivity index (χ2v) is 7.51. The van der Waals surface area contributed by atoms with Crippen LogP contribution in [0.2, 0.25) is 0 Å². The highest BCUT2D eigenvalue weighted by atomic mass is 32.2. The Morgan fingerprint density at radius 2 is 1.79 bits per heavy atom. The maximum atomic E-state index is 12.5. The lowest BCUT2D eigenvalue weighted by molar-refractivity contribution is -0.141. The number of carboxylic acids is 1. The molecule has 0 radical (unpaired) electrons. The molecule has 0 saturated heterocycles. The van der Waals surface area contributed by atoms with Crippen molar-refractivity contribution in [3.05, 3.63) is 18.2 Å². The number of nitrogens with two attached hydrogens (primary N) is 1. The van der Waals surface area contributed by atoms with Gasteiger partial charge >= 0.3 is 5.97 Å². The maximum absolute atomic E-state index is 12.5. The highest BCUT2D eigenvalue weighted by molar-refractivity contribution is 7.98. The number of thioether (sulfide) groups is 1. The molecule has 3 amide bonds. The third-order valence-corrected chi connectivity index (χ3v) is 4.71. The molecule has 11 nitrogen and oxygen atoms in total. The summed E-state index contributed by atoms with van der Waals surface area (Å²) in [7, 11) is 0. The summed E-state index contributed by atoms with van der Waals surface area (Å²) in [4.78, 5) is 54.7. The van der Waals surface area contributed by atoms with Gasteiger partial charge in [-0.2, -0.15) is 11.8 Å². The molecule has 4 unspecified atom stereocenters. The Kier molecular flexibility index (Phi) is 10.2. The lowest BCUT2D eigenvalue weighted by Gasteiger charge is -2.22. The van der Waals surface area contributed by atoms with Crippen LogP contribution in [-0.4, -0.2) is 74.9 Å². The minimum Gasteiger partial charge on any atom is -0.480 e. The topological polar surface area (TPSA) is 179 Å². The van der Waals surface area contributed by atoms with Crippen LogP contribution < -0.4 is 21.7 Å². The zero-order chi connectivity index (χ0) is 22.0. The Labute approximate surface area is 173 Å². The fourth-order valence-corrected chi connectivity index (χ4v) is 2.75. The van der Waals surface area contributed by atoms with E-state index >= 15 is 0 Å². The quantitative estimate of drug-likeness (QED) is 0.235. The van der Waals surface area contributed by atoms with E-state index in [2.05, 4.69) is 25.9 Å². The third-order valence-electron chi connectivity index (χ3n) is 4.06. The van der Waals surface area contributed by atoms with E-state index in [1.807, 2.05) is 6.26 Å². The predicted molar refractivity (Wildman–Crippen MR) is 108 cm³/mol. The fraction of sp³-hybridized carbons (Fsp3) is 0.588. The number of aliphatic carboxylic acids is 1. The van der Waals surface area contributed by atoms with Crippen LogP contribution in [0.3, 0.4) is 0 Å². The van der Waals surface area contributed by atoms with E-state index in [9.17, 15) is 19.2 Å². The average Bonchev–Trinajstić information content (AvgIpc) is 3.18. The summed E-state index contributed by atoms with van der Waals surface area (Å²) in [5, 5.41) is 16.3. The number of H-pyrrole nitrogens is 1. The molecule has 0 aliphatic carbocycles. The largest absolute Gasteiger partial charge is 0.480 e. The summed E-state index contributed by atoms with van der Waals surface area (Å²) in [5.74, 6) is -2.22. The van der Waals surface area contributed by atoms with Gasteiger partial charge in [-0.3, -0.25) is 19.2 Å². The van der Waals surface area contributed by atoms with Crippen molar-refractivity contribution in [3.8, 4) is 0 Å². The highest BCUT2D eigenvalue weighted by Crippen LogP contribution is 2.02. The van der Waals surface area contributed by atoms with E-state index in [4.69, 9.17) is 10.8 Å². The van der Waals surface area contributed by atoms with Crippen LogP contribution in [0, 0.1) is 0 Å². The number of carbonyl (C=O) groups excluding carboxylic acids is 3. The summed E-state index contributed by atoms with van der Waals surface area (Å²) >= 11 is 1.56. The second-order valence-electron chi connectivity index (χ2n) is 6.53. The molecule has 0 aliphatic heterocycles. The van der Waals surface area contributed by atoms with Crippen molar-refractivity contribution in [1.29, 1.82) is 0 Å². The van der Waals surface area contributed by atoms with Crippen molar-refractivity contribution in [2.75, 3.05) is 12.0 Å². The minimum atomic E-state index is -1.20. The van der Waals surface area contributed by atoms with Crippen molar-refractivity contribution in [2.24, 2.45) is 5.73 Å². The first-order valence-electron chi connectivity index (χ1n) is 9.01. The van der Waals surface area contributed by atoms with Gasteiger partial charge in [0.25, 0.3) is 0 Å². The summed E-state index contributed by atoms with van der Waals surface area (Å²) in [6, 6.07) is -3.86. The Morgan fingerprint density at radius 1 is 1.14 bits per heavy atom. The van der Waals surface area contributed by atoms with Gasteiger partial charge in [0.05, 0.1) is 12.4 Å². The summed E-state index contributed by atoms with van der Waals surface area (Å²) in [6.45, 7) is 2.79. The first kappa shape index (κ1) is 24.4. The highest BCUT2D eigenvalue weighted by Gasteiger charge is 2.27. The van der Waals surface area contributed by atoms with Gasteiger partial charge in [0.2, 0.25) is 17.7 Å². The normalized spacial score (nSPS) is 14.9. The van der Waals surface area contributed by atoms with Crippen LogP contribution in [0.25, 0.3) is 0 Å². The number of nitrogens with one attached hydrogen (secondary N) is 4. The molecule has 0 fully saturated rings. The van der Waals surface area contributed by atoms with Crippen LogP contribution >= 0.6 is 11.8 Å². The van der Waals surface area contributed by atoms with Crippen LogP contribution in [0.4, 0.5) is 0 Å². The van der Waals surface area contributed by atoms with E-state index < -0.39 is 47.9 Å². The van der Waals surface area contributed by atoms with E-state index in [1.54, 1.807) is 11.8 Å². The van der Waals surface area contributed by atoms with Crippen LogP contribution in [0.1, 0.15) is 26.0 Å². The van der Waals surface area contributed by atoms with Crippen LogP contribution in [0.15, 0.2) is 12.5 Å². The number of aromatic nitrogens is 2. The average molecular weight is 429 g/mol. The maximum Gasteiger partial charge on any atom is 0.325 e. The van der Waals surface area contributed by atoms with Gasteiger partial charge in [-0.1, -0.05) is 0 Å². The van der Waals surface area contributed by atoms with Gasteiger partial charge < -0.3 is 31.8 Å². The molecule has 1 rings (SSSR count). The Morgan fingerprint density at radius 3 is 2.34 bits per heavy atom. The molecule has 0 saturated carbocycles. The van der Waals surface area contributed by atoms with E-state index in [0.29, 0.717) is 17.9 Å². The Hall–Kier alpha value is -2.60. The third kappa shape index (κ3) is 8.52. The lowest BCUT2D eigenvalue weighted by atomic mass is 10.1. The number of hydrogen-bond donors (Lipinski definition) is 6. The van der Waals surface area contributed by atoms with E-state index in [1.165, 1.54) is 26.4 Å². The molecule has 162 valence electrons. The second kappa shape index (κ2) is 12.1. The summed E-state index contributed by atoms with van der Waals surface area (Å²) in [5.41, 5.74) is 6.36. The SMILES string of the molecule is CSCCC(N)C(=O)NC(C)C(=O)NC(Cc1cnc[nH]1)C(=O)NC(C)C(=O)O. The first-order chi connectivity index (χ1) is 13.6. The molecule has 1 heterocycles.